The summed E-state index contributed by atoms with van der Waals surface area (Å²) < 4.78 is 15.6. The Morgan fingerprint density at radius 2 is 1.81 bits per heavy atom. The molecule has 0 aliphatic carbocycles. The van der Waals surface area contributed by atoms with Crippen LogP contribution in [0.15, 0.2) is 82.7 Å². The Labute approximate surface area is 182 Å². The summed E-state index contributed by atoms with van der Waals surface area (Å²) in [7, 11) is 0. The van der Waals surface area contributed by atoms with E-state index in [1.165, 1.54) is 22.4 Å². The lowest BCUT2D eigenvalue weighted by atomic mass is 10.2. The first kappa shape index (κ1) is 20.8. The zero-order chi connectivity index (χ0) is 21.8. The maximum atomic E-state index is 14.2. The zero-order valence-electron chi connectivity index (χ0n) is 16.8. The topological polar surface area (TPSA) is 64.0 Å². The molecule has 31 heavy (non-hydrogen) atoms. The van der Waals surface area contributed by atoms with Crippen molar-refractivity contribution in [2.45, 2.75) is 18.5 Å². The van der Waals surface area contributed by atoms with Gasteiger partial charge in [-0.3, -0.25) is 14.2 Å². The number of fused-ring (bicyclic) bond motifs is 1. The van der Waals surface area contributed by atoms with Crippen molar-refractivity contribution in [3.63, 3.8) is 0 Å². The third-order valence-electron chi connectivity index (χ3n) is 4.78. The number of rotatable bonds is 6. The van der Waals surface area contributed by atoms with Gasteiger partial charge in [-0.15, -0.1) is 0 Å². The molecule has 0 atom stereocenters. The van der Waals surface area contributed by atoms with E-state index >= 15 is 0 Å². The molecule has 4 rings (SSSR count). The van der Waals surface area contributed by atoms with Crippen LogP contribution in [0.5, 0.6) is 0 Å². The number of para-hydroxylation sites is 2. The normalized spacial score (nSPS) is 10.9. The van der Waals surface area contributed by atoms with Crippen molar-refractivity contribution in [2.24, 2.45) is 0 Å². The highest BCUT2D eigenvalue weighted by atomic mass is 32.2. The summed E-state index contributed by atoms with van der Waals surface area (Å²) in [5.74, 6) is -0.108. The second-order valence-corrected chi connectivity index (χ2v) is 8.06. The fourth-order valence-electron chi connectivity index (χ4n) is 3.14. The lowest BCUT2D eigenvalue weighted by Gasteiger charge is -2.14. The van der Waals surface area contributed by atoms with Gasteiger partial charge < -0.3 is 5.32 Å². The smallest absolute Gasteiger partial charge is 0.266 e. The standard InChI is InChI=1S/C24H20FN3O2S/c1-16-11-12-18(15-20(16)25)28-23(30)19-9-5-6-10-21(19)27-24(28)31-14-13-22(29)26-17-7-3-2-4-8-17/h2-12,15H,13-14H2,1H3,(H,26,29). The van der Waals surface area contributed by atoms with Gasteiger partial charge in [-0.25, -0.2) is 9.37 Å². The molecule has 0 spiro atoms. The van der Waals surface area contributed by atoms with E-state index in [0.717, 1.165) is 5.69 Å². The minimum Gasteiger partial charge on any atom is -0.326 e. The lowest BCUT2D eigenvalue weighted by Crippen LogP contribution is -2.22. The Balaban J connectivity index is 1.62. The summed E-state index contributed by atoms with van der Waals surface area (Å²) in [5, 5.41) is 3.71. The average molecular weight is 434 g/mol. The third-order valence-corrected chi connectivity index (χ3v) is 5.72. The van der Waals surface area contributed by atoms with Crippen molar-refractivity contribution < 1.29 is 9.18 Å². The van der Waals surface area contributed by atoms with E-state index in [1.807, 2.05) is 36.4 Å². The molecular weight excluding hydrogens is 413 g/mol. The van der Waals surface area contributed by atoms with E-state index in [2.05, 4.69) is 10.3 Å². The molecule has 0 bridgehead atoms. The fourth-order valence-corrected chi connectivity index (χ4v) is 4.09. The third kappa shape index (κ3) is 4.67. The van der Waals surface area contributed by atoms with Crippen LogP contribution in [0.4, 0.5) is 10.1 Å². The molecule has 0 radical (unpaired) electrons. The number of hydrogen-bond donors (Lipinski definition) is 1. The number of aryl methyl sites for hydroxylation is 1. The van der Waals surface area contributed by atoms with Crippen molar-refractivity contribution in [1.82, 2.24) is 9.55 Å². The van der Waals surface area contributed by atoms with E-state index in [1.54, 1.807) is 37.3 Å². The molecule has 3 aromatic carbocycles. The highest BCUT2D eigenvalue weighted by molar-refractivity contribution is 7.99. The molecule has 0 unspecified atom stereocenters. The number of anilines is 1. The number of halogens is 1. The predicted octanol–water partition coefficient (Wildman–Crippen LogP) is 4.95. The van der Waals surface area contributed by atoms with Gasteiger partial charge in [0, 0.05) is 17.9 Å². The van der Waals surface area contributed by atoms with Gasteiger partial charge in [0.2, 0.25) is 5.91 Å². The van der Waals surface area contributed by atoms with Crippen molar-refractivity contribution in [3.8, 4) is 5.69 Å². The predicted molar refractivity (Wildman–Crippen MR) is 122 cm³/mol. The van der Waals surface area contributed by atoms with Crippen molar-refractivity contribution >= 4 is 34.3 Å². The molecule has 0 fully saturated rings. The van der Waals surface area contributed by atoms with Crippen LogP contribution in [0.2, 0.25) is 0 Å². The maximum Gasteiger partial charge on any atom is 0.266 e. The van der Waals surface area contributed by atoms with Crippen LogP contribution >= 0.6 is 11.8 Å². The van der Waals surface area contributed by atoms with Crippen LogP contribution in [0, 0.1) is 12.7 Å². The van der Waals surface area contributed by atoms with Crippen molar-refractivity contribution in [1.29, 1.82) is 0 Å². The first-order chi connectivity index (χ1) is 15.0. The van der Waals surface area contributed by atoms with Crippen molar-refractivity contribution in [3.05, 3.63) is 94.5 Å². The Morgan fingerprint density at radius 3 is 2.58 bits per heavy atom. The molecule has 1 aromatic heterocycles. The first-order valence-corrected chi connectivity index (χ1v) is 10.8. The van der Waals surface area contributed by atoms with Gasteiger partial charge in [-0.05, 0) is 48.9 Å². The number of hydrogen-bond acceptors (Lipinski definition) is 4. The van der Waals surface area contributed by atoms with Crippen LogP contribution in [0.1, 0.15) is 12.0 Å². The molecular formula is C24H20FN3O2S. The van der Waals surface area contributed by atoms with E-state index in [0.29, 0.717) is 33.1 Å². The van der Waals surface area contributed by atoms with Gasteiger partial charge in [-0.1, -0.05) is 48.2 Å². The van der Waals surface area contributed by atoms with E-state index < -0.39 is 5.82 Å². The molecule has 1 amide bonds. The minimum absolute atomic E-state index is 0.130. The monoisotopic (exact) mass is 433 g/mol. The van der Waals surface area contributed by atoms with Gasteiger partial charge in [0.25, 0.3) is 5.56 Å². The molecule has 0 aliphatic rings. The number of aromatic nitrogens is 2. The van der Waals surface area contributed by atoms with Crippen LogP contribution < -0.4 is 10.9 Å². The van der Waals surface area contributed by atoms with Gasteiger partial charge in [0.15, 0.2) is 5.16 Å². The number of nitrogens with one attached hydrogen (secondary N) is 1. The van der Waals surface area contributed by atoms with Gasteiger partial charge in [-0.2, -0.15) is 0 Å². The molecule has 1 heterocycles. The number of carbonyl (C=O) groups is 1. The summed E-state index contributed by atoms with van der Waals surface area (Å²) in [6.45, 7) is 1.67. The SMILES string of the molecule is Cc1ccc(-n2c(SCCC(=O)Nc3ccccc3)nc3ccccc3c2=O)cc1F. The Kier molecular flexibility index (Phi) is 6.13. The van der Waals surface area contributed by atoms with Crippen LogP contribution in [0.3, 0.4) is 0 Å². The zero-order valence-corrected chi connectivity index (χ0v) is 17.7. The highest BCUT2D eigenvalue weighted by Gasteiger charge is 2.15. The molecule has 0 saturated heterocycles. The van der Waals surface area contributed by atoms with Gasteiger partial charge in [0.1, 0.15) is 5.82 Å². The second kappa shape index (κ2) is 9.14. The number of thioether (sulfide) groups is 1. The Bertz CT molecular complexity index is 1310. The van der Waals surface area contributed by atoms with E-state index in [4.69, 9.17) is 0 Å². The second-order valence-electron chi connectivity index (χ2n) is 7.00. The Hall–Kier alpha value is -3.45. The summed E-state index contributed by atoms with van der Waals surface area (Å²) in [5.41, 5.74) is 1.92. The fraction of sp³-hybridized carbons (Fsp3) is 0.125. The Morgan fingerprint density at radius 1 is 1.06 bits per heavy atom. The molecule has 0 saturated carbocycles. The molecule has 5 nitrogen and oxygen atoms in total. The van der Waals surface area contributed by atoms with Gasteiger partial charge >= 0.3 is 0 Å². The molecule has 0 aliphatic heterocycles. The van der Waals surface area contributed by atoms with E-state index in [-0.39, 0.29) is 17.9 Å². The largest absolute Gasteiger partial charge is 0.326 e. The minimum atomic E-state index is -0.393. The van der Waals surface area contributed by atoms with Crippen molar-refractivity contribution in [2.75, 3.05) is 11.1 Å². The molecule has 1 N–H and O–H groups in total. The maximum absolute atomic E-state index is 14.2. The quantitative estimate of drug-likeness (QED) is 0.345. The number of carbonyl (C=O) groups excluding carboxylic acids is 1. The highest BCUT2D eigenvalue weighted by Crippen LogP contribution is 2.23. The summed E-state index contributed by atoms with van der Waals surface area (Å²) in [6, 6.07) is 20.9. The summed E-state index contributed by atoms with van der Waals surface area (Å²) >= 11 is 1.29. The first-order valence-electron chi connectivity index (χ1n) is 9.79. The number of nitrogens with zero attached hydrogens (tertiary/aromatic N) is 2. The van der Waals surface area contributed by atoms with Crippen LogP contribution in [-0.2, 0) is 4.79 Å². The van der Waals surface area contributed by atoms with E-state index in [9.17, 15) is 14.0 Å². The van der Waals surface area contributed by atoms with Gasteiger partial charge in [0.05, 0.1) is 16.6 Å². The average Bonchev–Trinajstić information content (AvgIpc) is 2.77. The number of benzene rings is 3. The molecule has 156 valence electrons. The number of amides is 1. The molecule has 7 heteroatoms. The molecule has 4 aromatic rings. The van der Waals surface area contributed by atoms with Crippen LogP contribution in [0.25, 0.3) is 16.6 Å². The summed E-state index contributed by atoms with van der Waals surface area (Å²) in [6.07, 6.45) is 0.241. The summed E-state index contributed by atoms with van der Waals surface area (Å²) in [4.78, 5) is 30.1. The van der Waals surface area contributed by atoms with Crippen LogP contribution in [-0.4, -0.2) is 21.2 Å². The lowest BCUT2D eigenvalue weighted by molar-refractivity contribution is -0.115.